The number of rotatable bonds is 4. The molecule has 2 aromatic carbocycles. The number of hydrogen-bond donors (Lipinski definition) is 2. The number of para-hydroxylation sites is 1. The van der Waals surface area contributed by atoms with Crippen LogP contribution in [0, 0.1) is 0 Å². The number of H-pyrrole nitrogens is 1. The second-order valence-electron chi connectivity index (χ2n) is 7.51. The summed E-state index contributed by atoms with van der Waals surface area (Å²) in [7, 11) is 0. The Labute approximate surface area is 170 Å². The maximum Gasteiger partial charge on any atom is 0.270 e. The molecular formula is C24H25N3O2. The lowest BCUT2D eigenvalue weighted by Crippen LogP contribution is -2.45. The van der Waals surface area contributed by atoms with Crippen molar-refractivity contribution in [3.63, 3.8) is 0 Å². The first kappa shape index (κ1) is 19.0. The molecule has 2 N–H and O–H groups in total. The molecule has 1 fully saturated rings. The van der Waals surface area contributed by atoms with E-state index in [-0.39, 0.29) is 17.9 Å². The average molecular weight is 387 g/mol. The van der Waals surface area contributed by atoms with Crippen LogP contribution in [0.5, 0.6) is 0 Å². The number of carbonyl (C=O) groups excluding carboxylic acids is 2. The van der Waals surface area contributed by atoms with Gasteiger partial charge in [0.2, 0.25) is 0 Å². The predicted molar refractivity (Wildman–Crippen MR) is 115 cm³/mol. The van der Waals surface area contributed by atoms with Crippen molar-refractivity contribution in [1.82, 2.24) is 15.2 Å². The van der Waals surface area contributed by atoms with Crippen LogP contribution in [0.4, 0.5) is 0 Å². The fourth-order valence-corrected chi connectivity index (χ4v) is 3.86. The Morgan fingerprint density at radius 3 is 2.62 bits per heavy atom. The van der Waals surface area contributed by atoms with E-state index in [4.69, 9.17) is 0 Å². The first-order valence-corrected chi connectivity index (χ1v) is 10.1. The molecule has 1 aromatic heterocycles. The fourth-order valence-electron chi connectivity index (χ4n) is 3.86. The normalized spacial score (nSPS) is 17.3. The Kier molecular flexibility index (Phi) is 5.47. The molecule has 0 saturated carbocycles. The highest BCUT2D eigenvalue weighted by Crippen LogP contribution is 2.23. The molecule has 5 nitrogen and oxygen atoms in total. The van der Waals surface area contributed by atoms with Crippen LogP contribution in [-0.2, 0) is 4.79 Å². The SMILES string of the molecule is C[C@H]1CCCCN1C(=O)/C(=C/c1c[nH]c2ccccc12)NC(=O)c1ccccc1. The quantitative estimate of drug-likeness (QED) is 0.654. The van der Waals surface area contributed by atoms with Crippen molar-refractivity contribution < 1.29 is 9.59 Å². The predicted octanol–water partition coefficient (Wildman–Crippen LogP) is 4.34. The second-order valence-corrected chi connectivity index (χ2v) is 7.51. The van der Waals surface area contributed by atoms with Gasteiger partial charge in [-0.3, -0.25) is 9.59 Å². The first-order chi connectivity index (χ1) is 14.1. The van der Waals surface area contributed by atoms with Gasteiger partial charge in [-0.25, -0.2) is 0 Å². The molecule has 0 unspecified atom stereocenters. The number of hydrogen-bond acceptors (Lipinski definition) is 2. The number of aromatic nitrogens is 1. The lowest BCUT2D eigenvalue weighted by molar-refractivity contribution is -0.130. The number of nitrogens with one attached hydrogen (secondary N) is 2. The number of aromatic amines is 1. The third-order valence-electron chi connectivity index (χ3n) is 5.50. The molecule has 1 aliphatic heterocycles. The van der Waals surface area contributed by atoms with E-state index in [1.807, 2.05) is 53.6 Å². The van der Waals surface area contributed by atoms with Gasteiger partial charge in [-0.05, 0) is 50.5 Å². The highest BCUT2D eigenvalue weighted by atomic mass is 16.2. The van der Waals surface area contributed by atoms with Crippen molar-refractivity contribution >= 4 is 28.8 Å². The van der Waals surface area contributed by atoms with E-state index in [0.29, 0.717) is 17.8 Å². The van der Waals surface area contributed by atoms with Crippen LogP contribution in [-0.4, -0.2) is 34.3 Å². The molecule has 0 spiro atoms. The fraction of sp³-hybridized carbons (Fsp3) is 0.250. The highest BCUT2D eigenvalue weighted by molar-refractivity contribution is 6.06. The zero-order valence-corrected chi connectivity index (χ0v) is 16.5. The average Bonchev–Trinajstić information content (AvgIpc) is 3.16. The van der Waals surface area contributed by atoms with Gasteiger partial charge in [0.05, 0.1) is 0 Å². The molecule has 148 valence electrons. The Morgan fingerprint density at radius 2 is 1.83 bits per heavy atom. The molecule has 3 aromatic rings. The largest absolute Gasteiger partial charge is 0.361 e. The van der Waals surface area contributed by atoms with E-state index in [1.165, 1.54) is 0 Å². The summed E-state index contributed by atoms with van der Waals surface area (Å²) in [5.41, 5.74) is 2.70. The van der Waals surface area contributed by atoms with Crippen LogP contribution in [0.15, 0.2) is 66.5 Å². The molecule has 1 saturated heterocycles. The third-order valence-corrected chi connectivity index (χ3v) is 5.50. The Morgan fingerprint density at radius 1 is 1.07 bits per heavy atom. The summed E-state index contributed by atoms with van der Waals surface area (Å²) in [6.07, 6.45) is 6.75. The topological polar surface area (TPSA) is 65.2 Å². The molecule has 1 atom stereocenters. The van der Waals surface area contributed by atoms with Crippen molar-refractivity contribution in [2.24, 2.45) is 0 Å². The smallest absolute Gasteiger partial charge is 0.270 e. The molecule has 0 aliphatic carbocycles. The summed E-state index contributed by atoms with van der Waals surface area (Å²) in [5.74, 6) is -0.415. The highest BCUT2D eigenvalue weighted by Gasteiger charge is 2.27. The van der Waals surface area contributed by atoms with Gasteiger partial charge < -0.3 is 15.2 Å². The summed E-state index contributed by atoms with van der Waals surface area (Å²) in [4.78, 5) is 31.3. The third kappa shape index (κ3) is 4.09. The molecule has 5 heteroatoms. The lowest BCUT2D eigenvalue weighted by Gasteiger charge is -2.34. The number of likely N-dealkylation sites (tertiary alicyclic amines) is 1. The van der Waals surface area contributed by atoms with Crippen molar-refractivity contribution in [2.75, 3.05) is 6.54 Å². The summed E-state index contributed by atoms with van der Waals surface area (Å²) >= 11 is 0. The number of carbonyl (C=O) groups is 2. The molecule has 29 heavy (non-hydrogen) atoms. The van der Waals surface area contributed by atoms with E-state index in [9.17, 15) is 9.59 Å². The van der Waals surface area contributed by atoms with Gasteiger partial charge in [-0.2, -0.15) is 0 Å². The Hall–Kier alpha value is -3.34. The number of nitrogens with zero attached hydrogens (tertiary/aromatic N) is 1. The van der Waals surface area contributed by atoms with E-state index in [0.717, 1.165) is 35.7 Å². The van der Waals surface area contributed by atoms with Gasteiger partial charge >= 0.3 is 0 Å². The van der Waals surface area contributed by atoms with Gasteiger partial charge in [0.1, 0.15) is 5.70 Å². The second kappa shape index (κ2) is 8.35. The Bertz CT molecular complexity index is 1050. The number of fused-ring (bicyclic) bond motifs is 1. The van der Waals surface area contributed by atoms with Crippen LogP contribution in [0.2, 0.25) is 0 Å². The maximum absolute atomic E-state index is 13.4. The van der Waals surface area contributed by atoms with E-state index in [1.54, 1.807) is 18.2 Å². The van der Waals surface area contributed by atoms with Crippen LogP contribution in [0.1, 0.15) is 42.1 Å². The first-order valence-electron chi connectivity index (χ1n) is 10.1. The van der Waals surface area contributed by atoms with Crippen molar-refractivity contribution in [2.45, 2.75) is 32.2 Å². The van der Waals surface area contributed by atoms with E-state index in [2.05, 4.69) is 17.2 Å². The van der Waals surface area contributed by atoms with Crippen molar-refractivity contribution in [1.29, 1.82) is 0 Å². The van der Waals surface area contributed by atoms with Gasteiger partial charge in [0.25, 0.3) is 11.8 Å². The van der Waals surface area contributed by atoms with E-state index < -0.39 is 0 Å². The monoisotopic (exact) mass is 387 g/mol. The van der Waals surface area contributed by atoms with E-state index >= 15 is 0 Å². The summed E-state index contributed by atoms with van der Waals surface area (Å²) in [5, 5.41) is 3.88. The standard InChI is InChI=1S/C24H25N3O2/c1-17-9-7-8-14-27(17)24(29)22(26-23(28)18-10-3-2-4-11-18)15-19-16-25-21-13-6-5-12-20(19)21/h2-6,10-13,15-17,25H,7-9,14H2,1H3,(H,26,28)/b22-15-/t17-/m0/s1. The summed E-state index contributed by atoms with van der Waals surface area (Å²) in [6.45, 7) is 2.78. The number of benzene rings is 2. The maximum atomic E-state index is 13.4. The van der Waals surface area contributed by atoms with Crippen molar-refractivity contribution in [3.8, 4) is 0 Å². The van der Waals surface area contributed by atoms with Gasteiger partial charge in [-0.15, -0.1) is 0 Å². The number of amides is 2. The molecule has 2 heterocycles. The molecule has 2 amide bonds. The molecular weight excluding hydrogens is 362 g/mol. The van der Waals surface area contributed by atoms with Gasteiger partial charge in [0.15, 0.2) is 0 Å². The molecule has 0 radical (unpaired) electrons. The van der Waals surface area contributed by atoms with Crippen LogP contribution in [0.25, 0.3) is 17.0 Å². The van der Waals surface area contributed by atoms with Crippen molar-refractivity contribution in [3.05, 3.63) is 77.6 Å². The summed E-state index contributed by atoms with van der Waals surface area (Å²) in [6, 6.07) is 17.1. The zero-order valence-electron chi connectivity index (χ0n) is 16.5. The molecule has 1 aliphatic rings. The lowest BCUT2D eigenvalue weighted by atomic mass is 10.0. The molecule has 4 rings (SSSR count). The number of piperidine rings is 1. The minimum absolute atomic E-state index is 0.133. The molecule has 0 bridgehead atoms. The Balaban J connectivity index is 1.70. The summed E-state index contributed by atoms with van der Waals surface area (Å²) < 4.78 is 0. The van der Waals surface area contributed by atoms with Crippen LogP contribution < -0.4 is 5.32 Å². The van der Waals surface area contributed by atoms with Gasteiger partial charge in [-0.1, -0.05) is 36.4 Å². The zero-order chi connectivity index (χ0) is 20.2. The van der Waals surface area contributed by atoms with Gasteiger partial charge in [0, 0.05) is 40.8 Å². The minimum atomic E-state index is -0.283. The van der Waals surface area contributed by atoms with Crippen LogP contribution in [0.3, 0.4) is 0 Å². The minimum Gasteiger partial charge on any atom is -0.361 e. The van der Waals surface area contributed by atoms with Crippen LogP contribution >= 0.6 is 0 Å².